The average Bonchev–Trinajstić information content (AvgIpc) is 3.12. The SMILES string of the molecule is CO[C@H]1C=C[C@]23c4cc5c(cc4[C@@H](O)[N@+](C)(C[C@H]2O)[C@@H]3C1)OCO5.[Cl-]. The monoisotopic (exact) mass is 367 g/mol. The molecule has 0 saturated carbocycles. The van der Waals surface area contributed by atoms with Crippen molar-refractivity contribution in [3.63, 3.8) is 0 Å². The second kappa shape index (κ2) is 5.34. The van der Waals surface area contributed by atoms with Crippen LogP contribution in [-0.4, -0.2) is 60.4 Å². The molecule has 1 aliphatic carbocycles. The van der Waals surface area contributed by atoms with Crippen molar-refractivity contribution in [3.8, 4) is 11.5 Å². The highest BCUT2D eigenvalue weighted by Gasteiger charge is 2.69. The molecule has 5 rings (SSSR count). The fourth-order valence-corrected chi connectivity index (χ4v) is 5.34. The number of halogens is 1. The average molecular weight is 368 g/mol. The number of methoxy groups -OCH3 is 1. The molecule has 6 nitrogen and oxygen atoms in total. The van der Waals surface area contributed by atoms with Gasteiger partial charge in [-0.1, -0.05) is 12.2 Å². The first-order valence-corrected chi connectivity index (χ1v) is 8.38. The predicted molar refractivity (Wildman–Crippen MR) is 84.6 cm³/mol. The van der Waals surface area contributed by atoms with E-state index in [2.05, 4.69) is 6.08 Å². The first kappa shape index (κ1) is 17.1. The number of rotatable bonds is 1. The smallest absolute Gasteiger partial charge is 0.231 e. The number of quaternary nitrogens is 1. The number of hydrogen-bond acceptors (Lipinski definition) is 5. The summed E-state index contributed by atoms with van der Waals surface area (Å²) in [6.45, 7) is 0.703. The lowest BCUT2D eigenvalue weighted by atomic mass is 9.64. The summed E-state index contributed by atoms with van der Waals surface area (Å²) < 4.78 is 17.0. The van der Waals surface area contributed by atoms with E-state index in [1.807, 2.05) is 25.3 Å². The van der Waals surface area contributed by atoms with Crippen molar-refractivity contribution in [1.29, 1.82) is 0 Å². The largest absolute Gasteiger partial charge is 1.00 e. The third-order valence-electron chi connectivity index (χ3n) is 6.57. The highest BCUT2D eigenvalue weighted by atomic mass is 35.5. The van der Waals surface area contributed by atoms with Gasteiger partial charge in [0.25, 0.3) is 0 Å². The maximum absolute atomic E-state index is 11.2. The molecule has 1 aromatic carbocycles. The molecule has 2 bridgehead atoms. The molecule has 7 heteroatoms. The number of likely N-dealkylation sites (N-methyl/N-ethyl adjacent to an activating group) is 1. The first-order valence-electron chi connectivity index (χ1n) is 8.38. The standard InChI is InChI=1S/C18H22NO5.ClH/c1-19-8-16(20)18(4-3-10(22-2)5-15(18)19)12-7-14-13(23-9-24-14)6-11(12)17(19)21;/h3-4,6-7,10,15-17,20-21H,5,8-9H2,1-2H3;1H/q+1;/p-1/t10-,15+,16+,17+,18+,19+;/m0./s1. The molecule has 1 saturated heterocycles. The molecular weight excluding hydrogens is 346 g/mol. The van der Waals surface area contributed by atoms with E-state index in [-0.39, 0.29) is 31.3 Å². The number of fused-ring (bicyclic) bond motifs is 2. The van der Waals surface area contributed by atoms with Crippen LogP contribution < -0.4 is 21.9 Å². The molecule has 2 N–H and O–H groups in total. The van der Waals surface area contributed by atoms with Gasteiger partial charge >= 0.3 is 0 Å². The Hall–Kier alpha value is -1.31. The zero-order chi connectivity index (χ0) is 16.7. The van der Waals surface area contributed by atoms with Gasteiger partial charge < -0.3 is 36.8 Å². The molecule has 3 aliphatic heterocycles. The summed E-state index contributed by atoms with van der Waals surface area (Å²) in [6, 6.07) is 3.89. The molecule has 0 aromatic heterocycles. The van der Waals surface area contributed by atoms with E-state index in [0.717, 1.165) is 17.5 Å². The van der Waals surface area contributed by atoms with Gasteiger partial charge in [0.1, 0.15) is 18.7 Å². The number of benzene rings is 1. The van der Waals surface area contributed by atoms with E-state index in [4.69, 9.17) is 14.2 Å². The van der Waals surface area contributed by atoms with Gasteiger partial charge in [-0.2, -0.15) is 0 Å². The predicted octanol–water partition coefficient (Wildman–Crippen LogP) is -2.17. The summed E-state index contributed by atoms with van der Waals surface area (Å²) in [6.07, 6.45) is 3.66. The molecular formula is C18H22ClNO5. The normalized spacial score (nSPS) is 42.6. The third-order valence-corrected chi connectivity index (χ3v) is 6.57. The van der Waals surface area contributed by atoms with Crippen molar-refractivity contribution in [1.82, 2.24) is 0 Å². The molecule has 3 heterocycles. The summed E-state index contributed by atoms with van der Waals surface area (Å²) in [5.41, 5.74) is 1.27. The lowest BCUT2D eigenvalue weighted by Crippen LogP contribution is -3.00. The summed E-state index contributed by atoms with van der Waals surface area (Å²) in [7, 11) is 3.73. The second-order valence-electron chi connectivity index (χ2n) is 7.53. The Kier molecular flexibility index (Phi) is 3.66. The minimum atomic E-state index is -0.700. The van der Waals surface area contributed by atoms with Gasteiger partial charge in [-0.25, -0.2) is 0 Å². The molecule has 6 atom stereocenters. The van der Waals surface area contributed by atoms with Crippen LogP contribution in [0.25, 0.3) is 0 Å². The summed E-state index contributed by atoms with van der Waals surface area (Å²) in [4.78, 5) is 0. The first-order chi connectivity index (χ1) is 11.5. The van der Waals surface area contributed by atoms with Crippen LogP contribution in [0.2, 0.25) is 0 Å². The molecule has 0 radical (unpaired) electrons. The Bertz CT molecular complexity index is 755. The van der Waals surface area contributed by atoms with E-state index in [0.29, 0.717) is 22.5 Å². The topological polar surface area (TPSA) is 68.2 Å². The van der Waals surface area contributed by atoms with Crippen LogP contribution in [0.15, 0.2) is 24.3 Å². The van der Waals surface area contributed by atoms with Crippen molar-refractivity contribution >= 4 is 0 Å². The van der Waals surface area contributed by atoms with Crippen LogP contribution in [0, 0.1) is 0 Å². The summed E-state index contributed by atoms with van der Waals surface area (Å²) in [5.74, 6) is 1.35. The van der Waals surface area contributed by atoms with E-state index < -0.39 is 17.7 Å². The number of ether oxygens (including phenoxy) is 3. The van der Waals surface area contributed by atoms with Crippen LogP contribution >= 0.6 is 0 Å². The maximum atomic E-state index is 11.2. The van der Waals surface area contributed by atoms with E-state index in [9.17, 15) is 10.2 Å². The fourth-order valence-electron chi connectivity index (χ4n) is 5.34. The van der Waals surface area contributed by atoms with Gasteiger partial charge in [0.15, 0.2) is 11.5 Å². The van der Waals surface area contributed by atoms with Crippen molar-refractivity contribution in [3.05, 3.63) is 35.4 Å². The second-order valence-corrected chi connectivity index (χ2v) is 7.53. The molecule has 0 unspecified atom stereocenters. The summed E-state index contributed by atoms with van der Waals surface area (Å²) in [5, 5.41) is 22.2. The minimum absolute atomic E-state index is 0. The molecule has 0 spiro atoms. The number of nitrogens with zero attached hydrogens (tertiary/aromatic N) is 1. The number of aliphatic hydroxyl groups excluding tert-OH is 2. The zero-order valence-corrected chi connectivity index (χ0v) is 14.9. The lowest BCUT2D eigenvalue weighted by molar-refractivity contribution is -0.976. The van der Waals surface area contributed by atoms with Gasteiger partial charge in [0.05, 0.1) is 18.6 Å². The third kappa shape index (κ3) is 1.89. The van der Waals surface area contributed by atoms with Crippen molar-refractivity contribution in [2.75, 3.05) is 27.5 Å². The van der Waals surface area contributed by atoms with Crippen LogP contribution in [0.1, 0.15) is 23.8 Å². The Balaban J connectivity index is 0.00000157. The number of aliphatic hydroxyl groups is 2. The zero-order valence-electron chi connectivity index (χ0n) is 14.2. The highest BCUT2D eigenvalue weighted by molar-refractivity contribution is 5.56. The highest BCUT2D eigenvalue weighted by Crippen LogP contribution is 2.59. The minimum Gasteiger partial charge on any atom is -1.00 e. The molecule has 0 amide bonds. The van der Waals surface area contributed by atoms with Gasteiger partial charge in [-0.05, 0) is 17.7 Å². The Morgan fingerprint density at radius 3 is 2.68 bits per heavy atom. The molecule has 136 valence electrons. The fraction of sp³-hybridized carbons (Fsp3) is 0.556. The molecule has 1 aromatic rings. The lowest BCUT2D eigenvalue weighted by Gasteiger charge is -2.51. The Morgan fingerprint density at radius 1 is 1.24 bits per heavy atom. The number of hydrogen-bond donors (Lipinski definition) is 2. The molecule has 4 aliphatic rings. The van der Waals surface area contributed by atoms with Gasteiger partial charge in [-0.15, -0.1) is 0 Å². The van der Waals surface area contributed by atoms with E-state index in [1.54, 1.807) is 7.11 Å². The van der Waals surface area contributed by atoms with Crippen molar-refractivity contribution < 1.29 is 41.3 Å². The van der Waals surface area contributed by atoms with E-state index in [1.165, 1.54) is 0 Å². The van der Waals surface area contributed by atoms with Crippen molar-refractivity contribution in [2.45, 2.75) is 36.3 Å². The van der Waals surface area contributed by atoms with Crippen molar-refractivity contribution in [2.24, 2.45) is 0 Å². The van der Waals surface area contributed by atoms with E-state index >= 15 is 0 Å². The maximum Gasteiger partial charge on any atom is 0.231 e. The van der Waals surface area contributed by atoms with Crippen LogP contribution in [-0.2, 0) is 10.2 Å². The van der Waals surface area contributed by atoms with Crippen LogP contribution in [0.5, 0.6) is 11.5 Å². The van der Waals surface area contributed by atoms with Gasteiger partial charge in [-0.3, -0.25) is 4.48 Å². The van der Waals surface area contributed by atoms with Gasteiger partial charge in [0, 0.05) is 19.1 Å². The molecule has 25 heavy (non-hydrogen) atoms. The molecule has 1 fully saturated rings. The Labute approximate surface area is 152 Å². The Morgan fingerprint density at radius 2 is 1.96 bits per heavy atom. The van der Waals surface area contributed by atoms with Crippen LogP contribution in [0.4, 0.5) is 0 Å². The quantitative estimate of drug-likeness (QED) is 0.437. The summed E-state index contributed by atoms with van der Waals surface area (Å²) >= 11 is 0. The van der Waals surface area contributed by atoms with Gasteiger partial charge in [0.2, 0.25) is 13.0 Å². The van der Waals surface area contributed by atoms with Crippen LogP contribution in [0.3, 0.4) is 0 Å².